The monoisotopic (exact) mass is 521 g/mol. The number of nitrogens with one attached hydrogen (secondary N) is 3. The summed E-state index contributed by atoms with van der Waals surface area (Å²) in [5.74, 6) is 0.339. The van der Waals surface area contributed by atoms with Gasteiger partial charge in [-0.25, -0.2) is 0 Å². The van der Waals surface area contributed by atoms with Gasteiger partial charge in [0, 0.05) is 34.6 Å². The number of benzene rings is 3. The van der Waals surface area contributed by atoms with E-state index in [9.17, 15) is 10.2 Å². The summed E-state index contributed by atoms with van der Waals surface area (Å²) in [6.45, 7) is 4.02. The van der Waals surface area contributed by atoms with Crippen molar-refractivity contribution in [2.75, 3.05) is 5.32 Å². The second-order valence-corrected chi connectivity index (χ2v) is 9.63. The number of hydrogen-bond acceptors (Lipinski definition) is 4. The lowest BCUT2D eigenvalue weighted by Gasteiger charge is -2.11. The predicted molar refractivity (Wildman–Crippen MR) is 150 cm³/mol. The summed E-state index contributed by atoms with van der Waals surface area (Å²) in [4.78, 5) is 15.0. The molecule has 0 radical (unpaired) electrons. The number of para-hydroxylation sites is 1. The number of amides is 1. The van der Waals surface area contributed by atoms with E-state index in [1.807, 2.05) is 64.7 Å². The van der Waals surface area contributed by atoms with Crippen LogP contribution >= 0.6 is 11.6 Å². The SMILES string of the molecule is CC(=O)Nc1ccc(Cl)cc1-c1ccc(-n2c(=N)n(Cc3cccc4[nH]ccc34)c3cccc(C)c32)nn1. The van der Waals surface area contributed by atoms with Gasteiger partial charge in [0.2, 0.25) is 11.5 Å². The molecule has 0 saturated carbocycles. The van der Waals surface area contributed by atoms with Gasteiger partial charge in [-0.05, 0) is 66.6 Å². The molecular weight excluding hydrogens is 498 g/mol. The van der Waals surface area contributed by atoms with E-state index in [1.54, 1.807) is 18.2 Å². The molecular formula is C29H24ClN7O. The first-order valence-corrected chi connectivity index (χ1v) is 12.5. The van der Waals surface area contributed by atoms with E-state index in [0.29, 0.717) is 39.9 Å². The highest BCUT2D eigenvalue weighted by atomic mass is 35.5. The fourth-order valence-electron chi connectivity index (χ4n) is 4.95. The number of H-pyrrole nitrogens is 1. The summed E-state index contributed by atoms with van der Waals surface area (Å²) < 4.78 is 3.82. The highest BCUT2D eigenvalue weighted by molar-refractivity contribution is 6.31. The smallest absolute Gasteiger partial charge is 0.221 e. The third kappa shape index (κ3) is 4.05. The van der Waals surface area contributed by atoms with Gasteiger partial charge in [-0.3, -0.25) is 14.8 Å². The fraction of sp³-hybridized carbons (Fsp3) is 0.103. The van der Waals surface area contributed by atoms with Crippen LogP contribution in [-0.2, 0) is 11.3 Å². The van der Waals surface area contributed by atoms with Gasteiger partial charge in [0.1, 0.15) is 0 Å². The molecule has 3 aromatic heterocycles. The molecule has 3 aromatic carbocycles. The molecule has 6 aromatic rings. The predicted octanol–water partition coefficient (Wildman–Crippen LogP) is 5.82. The molecule has 3 heterocycles. The Balaban J connectivity index is 1.47. The summed E-state index contributed by atoms with van der Waals surface area (Å²) in [6.07, 6.45) is 1.93. The molecule has 6 rings (SSSR count). The Hall–Kier alpha value is -4.69. The number of carbonyl (C=O) groups is 1. The number of aromatic amines is 1. The second-order valence-electron chi connectivity index (χ2n) is 9.19. The van der Waals surface area contributed by atoms with Gasteiger partial charge in [-0.15, -0.1) is 10.2 Å². The molecule has 38 heavy (non-hydrogen) atoms. The number of halogens is 1. The lowest BCUT2D eigenvalue weighted by atomic mass is 10.1. The number of aryl methyl sites for hydroxylation is 1. The number of anilines is 1. The van der Waals surface area contributed by atoms with Crippen LogP contribution in [-0.4, -0.2) is 30.2 Å². The van der Waals surface area contributed by atoms with Gasteiger partial charge in [-0.2, -0.15) is 0 Å². The Morgan fingerprint density at radius 3 is 2.68 bits per heavy atom. The number of imidazole rings is 1. The van der Waals surface area contributed by atoms with E-state index >= 15 is 0 Å². The van der Waals surface area contributed by atoms with Gasteiger partial charge in [-0.1, -0.05) is 35.9 Å². The highest BCUT2D eigenvalue weighted by Crippen LogP contribution is 2.30. The van der Waals surface area contributed by atoms with Crippen LogP contribution in [0.4, 0.5) is 5.69 Å². The minimum Gasteiger partial charge on any atom is -0.361 e. The number of rotatable bonds is 5. The molecule has 0 unspecified atom stereocenters. The zero-order valence-corrected chi connectivity index (χ0v) is 21.5. The molecule has 0 spiro atoms. The number of nitrogens with zero attached hydrogens (tertiary/aromatic N) is 4. The molecule has 0 atom stereocenters. The standard InChI is InChI=1S/C29H24ClN7O/c1-17-5-3-8-26-28(17)37(29(31)36(26)16-19-6-4-7-23-21(19)13-14-32-23)27-12-11-25(34-35-27)22-15-20(30)9-10-24(22)33-18(2)38/h3-15,31-32H,16H2,1-2H3,(H,33,38). The third-order valence-electron chi connectivity index (χ3n) is 6.66. The van der Waals surface area contributed by atoms with Crippen molar-refractivity contribution in [3.05, 3.63) is 101 Å². The summed E-state index contributed by atoms with van der Waals surface area (Å²) >= 11 is 6.24. The van der Waals surface area contributed by atoms with Crippen LogP contribution in [0.2, 0.25) is 5.02 Å². The van der Waals surface area contributed by atoms with Crippen LogP contribution in [0.3, 0.4) is 0 Å². The van der Waals surface area contributed by atoms with E-state index in [1.165, 1.54) is 6.92 Å². The Labute approximate surface area is 223 Å². The number of carbonyl (C=O) groups excluding carboxylic acids is 1. The van der Waals surface area contributed by atoms with Crippen molar-refractivity contribution < 1.29 is 4.79 Å². The van der Waals surface area contributed by atoms with Crippen molar-refractivity contribution in [2.45, 2.75) is 20.4 Å². The Bertz CT molecular complexity index is 1900. The third-order valence-corrected chi connectivity index (χ3v) is 6.89. The lowest BCUT2D eigenvalue weighted by Crippen LogP contribution is -2.25. The Morgan fingerprint density at radius 2 is 1.89 bits per heavy atom. The maximum absolute atomic E-state index is 11.7. The van der Waals surface area contributed by atoms with E-state index in [2.05, 4.69) is 32.6 Å². The van der Waals surface area contributed by atoms with Gasteiger partial charge in [0.25, 0.3) is 0 Å². The Morgan fingerprint density at radius 1 is 1.05 bits per heavy atom. The van der Waals surface area contributed by atoms with Crippen LogP contribution < -0.4 is 10.9 Å². The summed E-state index contributed by atoms with van der Waals surface area (Å²) in [5.41, 5.74) is 7.19. The lowest BCUT2D eigenvalue weighted by molar-refractivity contribution is -0.114. The zero-order chi connectivity index (χ0) is 26.4. The molecule has 0 fully saturated rings. The quantitative estimate of drug-likeness (QED) is 0.266. The molecule has 0 aliphatic rings. The first kappa shape index (κ1) is 23.7. The van der Waals surface area contributed by atoms with Crippen LogP contribution in [0.15, 0.2) is 79.0 Å². The normalized spacial score (nSPS) is 11.3. The fourth-order valence-corrected chi connectivity index (χ4v) is 5.12. The number of hydrogen-bond donors (Lipinski definition) is 3. The molecule has 1 amide bonds. The second kappa shape index (κ2) is 9.32. The van der Waals surface area contributed by atoms with Crippen LogP contribution in [0.25, 0.3) is 39.0 Å². The molecule has 3 N–H and O–H groups in total. The first-order valence-electron chi connectivity index (χ1n) is 12.1. The van der Waals surface area contributed by atoms with E-state index in [0.717, 1.165) is 33.1 Å². The average molecular weight is 522 g/mol. The topological polar surface area (TPSA) is 104 Å². The van der Waals surface area contributed by atoms with Crippen LogP contribution in [0.5, 0.6) is 0 Å². The summed E-state index contributed by atoms with van der Waals surface area (Å²) in [5, 5.41) is 22.6. The van der Waals surface area contributed by atoms with Crippen molar-refractivity contribution in [3.63, 3.8) is 0 Å². The van der Waals surface area contributed by atoms with Crippen molar-refractivity contribution in [2.24, 2.45) is 0 Å². The molecule has 9 heteroatoms. The molecule has 188 valence electrons. The number of fused-ring (bicyclic) bond motifs is 2. The maximum atomic E-state index is 11.7. The molecule has 0 saturated heterocycles. The molecule has 0 aliphatic heterocycles. The van der Waals surface area contributed by atoms with E-state index in [-0.39, 0.29) is 5.91 Å². The first-order chi connectivity index (χ1) is 18.4. The number of aromatic nitrogens is 5. The van der Waals surface area contributed by atoms with Crippen LogP contribution in [0.1, 0.15) is 18.1 Å². The van der Waals surface area contributed by atoms with Gasteiger partial charge in [0.15, 0.2) is 5.82 Å². The van der Waals surface area contributed by atoms with Crippen LogP contribution in [0, 0.1) is 12.3 Å². The Kier molecular flexibility index (Phi) is 5.81. The van der Waals surface area contributed by atoms with Gasteiger partial charge >= 0.3 is 0 Å². The van der Waals surface area contributed by atoms with Crippen molar-refractivity contribution in [1.82, 2.24) is 24.3 Å². The maximum Gasteiger partial charge on any atom is 0.221 e. The van der Waals surface area contributed by atoms with E-state index < -0.39 is 0 Å². The molecule has 0 aliphatic carbocycles. The van der Waals surface area contributed by atoms with Gasteiger partial charge in [0.05, 0.1) is 29.0 Å². The molecule has 8 nitrogen and oxygen atoms in total. The van der Waals surface area contributed by atoms with E-state index in [4.69, 9.17) is 11.6 Å². The van der Waals surface area contributed by atoms with Gasteiger partial charge < -0.3 is 14.9 Å². The average Bonchev–Trinajstić information content (AvgIpc) is 3.49. The van der Waals surface area contributed by atoms with Crippen molar-refractivity contribution in [1.29, 1.82) is 5.41 Å². The highest BCUT2D eigenvalue weighted by Gasteiger charge is 2.17. The summed E-state index contributed by atoms with van der Waals surface area (Å²) in [7, 11) is 0. The largest absolute Gasteiger partial charge is 0.361 e. The zero-order valence-electron chi connectivity index (χ0n) is 20.8. The summed E-state index contributed by atoms with van der Waals surface area (Å²) in [6, 6.07) is 23.2. The minimum absolute atomic E-state index is 0.189. The molecule has 0 bridgehead atoms. The van der Waals surface area contributed by atoms with Crippen molar-refractivity contribution in [3.8, 4) is 17.1 Å². The van der Waals surface area contributed by atoms with Crippen molar-refractivity contribution >= 4 is 45.1 Å². The minimum atomic E-state index is -0.189.